The van der Waals surface area contributed by atoms with E-state index >= 15 is 0 Å². The molecule has 2 amide bonds. The summed E-state index contributed by atoms with van der Waals surface area (Å²) in [5.74, 6) is -5.34. The number of piperidine rings is 1. The van der Waals surface area contributed by atoms with E-state index in [2.05, 4.69) is 26.1 Å². The lowest BCUT2D eigenvalue weighted by Gasteiger charge is -2.32. The largest absolute Gasteiger partial charge is 0.349 e. The molecule has 1 heterocycles. The molecule has 30 heavy (non-hydrogen) atoms. The summed E-state index contributed by atoms with van der Waals surface area (Å²) in [6.07, 6.45) is 0.978. The topological polar surface area (TPSA) is 49.4 Å². The van der Waals surface area contributed by atoms with Crippen LogP contribution in [0.25, 0.3) is 0 Å². The van der Waals surface area contributed by atoms with Crippen molar-refractivity contribution in [3.05, 3.63) is 70.5 Å². The quantitative estimate of drug-likeness (QED) is 0.750. The lowest BCUT2D eigenvalue weighted by Crippen LogP contribution is -2.46. The molecule has 0 radical (unpaired) electrons. The average Bonchev–Trinajstić information content (AvgIpc) is 2.72. The van der Waals surface area contributed by atoms with Gasteiger partial charge in [-0.1, -0.05) is 32.9 Å². The predicted octanol–water partition coefficient (Wildman–Crippen LogP) is 4.44. The minimum atomic E-state index is -1.65. The summed E-state index contributed by atoms with van der Waals surface area (Å²) in [6, 6.07) is 9.02. The van der Waals surface area contributed by atoms with Gasteiger partial charge >= 0.3 is 0 Å². The number of benzene rings is 2. The van der Waals surface area contributed by atoms with E-state index in [9.17, 15) is 22.8 Å². The van der Waals surface area contributed by atoms with Gasteiger partial charge in [-0.05, 0) is 48.1 Å². The van der Waals surface area contributed by atoms with Crippen LogP contribution in [0.1, 0.15) is 59.9 Å². The van der Waals surface area contributed by atoms with E-state index in [0.29, 0.717) is 18.4 Å². The molecule has 2 aromatic rings. The Hall–Kier alpha value is -2.83. The number of amides is 2. The molecule has 0 spiro atoms. The Labute approximate surface area is 174 Å². The lowest BCUT2D eigenvalue weighted by molar-refractivity contribution is 0.0692. The van der Waals surface area contributed by atoms with Crippen LogP contribution in [0.2, 0.25) is 0 Å². The summed E-state index contributed by atoms with van der Waals surface area (Å²) < 4.78 is 40.4. The zero-order chi connectivity index (χ0) is 22.1. The second kappa shape index (κ2) is 8.50. The normalized spacial score (nSPS) is 15.2. The molecule has 1 saturated heterocycles. The summed E-state index contributed by atoms with van der Waals surface area (Å²) in [5.41, 5.74) is 1.21. The molecule has 0 saturated carbocycles. The molecule has 1 N–H and O–H groups in total. The van der Waals surface area contributed by atoms with Crippen molar-refractivity contribution in [2.24, 2.45) is 0 Å². The number of nitrogens with one attached hydrogen (secondary N) is 1. The average molecular weight is 418 g/mol. The highest BCUT2D eigenvalue weighted by Gasteiger charge is 2.28. The van der Waals surface area contributed by atoms with Crippen LogP contribution in [-0.4, -0.2) is 35.8 Å². The Kier molecular flexibility index (Phi) is 6.19. The number of halogens is 3. The molecule has 0 aliphatic carbocycles. The molecule has 4 nitrogen and oxygen atoms in total. The van der Waals surface area contributed by atoms with Gasteiger partial charge in [0, 0.05) is 24.7 Å². The summed E-state index contributed by atoms with van der Waals surface area (Å²) in [7, 11) is 0. The van der Waals surface area contributed by atoms with Crippen molar-refractivity contribution in [2.45, 2.75) is 45.1 Å². The molecular formula is C23H25F3N2O2. The standard InChI is InChI=1S/C23H25F3N2O2/c1-23(2,3)15-6-4-14(5-7-15)21(29)27-16-10-12-28(13-11-16)22(30)17-8-9-18(24)20(26)19(17)25/h4-9,16H,10-13H2,1-3H3,(H,27,29). The first-order chi connectivity index (χ1) is 14.1. The van der Waals surface area contributed by atoms with Gasteiger partial charge in [0.05, 0.1) is 5.56 Å². The Morgan fingerprint density at radius 3 is 2.10 bits per heavy atom. The van der Waals surface area contributed by atoms with Crippen molar-refractivity contribution in [3.8, 4) is 0 Å². The van der Waals surface area contributed by atoms with Crippen LogP contribution < -0.4 is 5.32 Å². The first kappa shape index (κ1) is 21.9. The number of carbonyl (C=O) groups is 2. The van der Waals surface area contributed by atoms with Crippen LogP contribution in [0.3, 0.4) is 0 Å². The van der Waals surface area contributed by atoms with E-state index in [1.807, 2.05) is 12.1 Å². The van der Waals surface area contributed by atoms with Crippen molar-refractivity contribution in [3.63, 3.8) is 0 Å². The van der Waals surface area contributed by atoms with Gasteiger partial charge in [-0.25, -0.2) is 13.2 Å². The molecule has 2 aromatic carbocycles. The Morgan fingerprint density at radius 1 is 0.933 bits per heavy atom. The van der Waals surface area contributed by atoms with Crippen LogP contribution in [0, 0.1) is 17.5 Å². The fourth-order valence-electron chi connectivity index (χ4n) is 3.48. The zero-order valence-electron chi connectivity index (χ0n) is 17.3. The van der Waals surface area contributed by atoms with Gasteiger partial charge in [-0.15, -0.1) is 0 Å². The van der Waals surface area contributed by atoms with Gasteiger partial charge in [0.1, 0.15) is 0 Å². The van der Waals surface area contributed by atoms with Gasteiger partial charge in [-0.2, -0.15) is 0 Å². The fourth-order valence-corrected chi connectivity index (χ4v) is 3.48. The first-order valence-electron chi connectivity index (χ1n) is 9.92. The van der Waals surface area contributed by atoms with Crippen molar-refractivity contribution >= 4 is 11.8 Å². The Balaban J connectivity index is 1.57. The maximum absolute atomic E-state index is 13.9. The third kappa shape index (κ3) is 4.66. The van der Waals surface area contributed by atoms with E-state index in [0.717, 1.165) is 17.7 Å². The summed E-state index contributed by atoms with van der Waals surface area (Å²) in [5, 5.41) is 2.96. The molecule has 7 heteroatoms. The number of likely N-dealkylation sites (tertiary alicyclic amines) is 1. The molecule has 160 valence electrons. The van der Waals surface area contributed by atoms with Crippen LogP contribution in [0.5, 0.6) is 0 Å². The maximum atomic E-state index is 13.9. The minimum absolute atomic E-state index is 0.00127. The third-order valence-corrected chi connectivity index (χ3v) is 5.40. The number of carbonyl (C=O) groups excluding carboxylic acids is 2. The van der Waals surface area contributed by atoms with E-state index in [1.54, 1.807) is 12.1 Å². The third-order valence-electron chi connectivity index (χ3n) is 5.40. The highest BCUT2D eigenvalue weighted by atomic mass is 19.2. The van der Waals surface area contributed by atoms with E-state index < -0.39 is 28.9 Å². The summed E-state index contributed by atoms with van der Waals surface area (Å²) in [4.78, 5) is 26.3. The molecule has 0 atom stereocenters. The molecule has 0 unspecified atom stereocenters. The SMILES string of the molecule is CC(C)(C)c1ccc(C(=O)NC2CCN(C(=O)c3ccc(F)c(F)c3F)CC2)cc1. The Bertz CT molecular complexity index is 944. The minimum Gasteiger partial charge on any atom is -0.349 e. The molecular weight excluding hydrogens is 393 g/mol. The molecule has 1 aliphatic rings. The molecule has 3 rings (SSSR count). The maximum Gasteiger partial charge on any atom is 0.256 e. The van der Waals surface area contributed by atoms with Gasteiger partial charge < -0.3 is 10.2 Å². The van der Waals surface area contributed by atoms with Gasteiger partial charge in [0.2, 0.25) is 0 Å². The van der Waals surface area contributed by atoms with Crippen LogP contribution in [-0.2, 0) is 5.41 Å². The highest BCUT2D eigenvalue weighted by Crippen LogP contribution is 2.23. The molecule has 0 bridgehead atoms. The van der Waals surface area contributed by atoms with Crippen molar-refractivity contribution in [1.29, 1.82) is 0 Å². The number of rotatable bonds is 3. The molecule has 1 fully saturated rings. The number of nitrogens with zero attached hydrogens (tertiary/aromatic N) is 1. The molecule has 1 aliphatic heterocycles. The second-order valence-corrected chi connectivity index (χ2v) is 8.59. The van der Waals surface area contributed by atoms with E-state index in [4.69, 9.17) is 0 Å². The van der Waals surface area contributed by atoms with Crippen molar-refractivity contribution < 1.29 is 22.8 Å². The molecule has 0 aromatic heterocycles. The van der Waals surface area contributed by atoms with Crippen LogP contribution >= 0.6 is 0 Å². The van der Waals surface area contributed by atoms with E-state index in [-0.39, 0.29) is 30.5 Å². The highest BCUT2D eigenvalue weighted by molar-refractivity contribution is 5.95. The van der Waals surface area contributed by atoms with Gasteiger partial charge in [0.25, 0.3) is 11.8 Å². The zero-order valence-corrected chi connectivity index (χ0v) is 17.3. The Morgan fingerprint density at radius 2 is 1.53 bits per heavy atom. The van der Waals surface area contributed by atoms with E-state index in [1.165, 1.54) is 4.90 Å². The summed E-state index contributed by atoms with van der Waals surface area (Å²) >= 11 is 0. The van der Waals surface area contributed by atoms with Crippen molar-refractivity contribution in [2.75, 3.05) is 13.1 Å². The van der Waals surface area contributed by atoms with Crippen LogP contribution in [0.4, 0.5) is 13.2 Å². The number of hydrogen-bond acceptors (Lipinski definition) is 2. The smallest absolute Gasteiger partial charge is 0.256 e. The van der Waals surface area contributed by atoms with Gasteiger partial charge in [0.15, 0.2) is 17.5 Å². The lowest BCUT2D eigenvalue weighted by atomic mass is 9.86. The predicted molar refractivity (Wildman–Crippen MR) is 108 cm³/mol. The summed E-state index contributed by atoms with van der Waals surface area (Å²) in [6.45, 7) is 6.87. The van der Waals surface area contributed by atoms with Crippen molar-refractivity contribution in [1.82, 2.24) is 10.2 Å². The fraction of sp³-hybridized carbons (Fsp3) is 0.391. The monoisotopic (exact) mass is 418 g/mol. The van der Waals surface area contributed by atoms with Gasteiger partial charge in [-0.3, -0.25) is 9.59 Å². The second-order valence-electron chi connectivity index (χ2n) is 8.59. The number of hydrogen-bond donors (Lipinski definition) is 1. The van der Waals surface area contributed by atoms with Crippen LogP contribution in [0.15, 0.2) is 36.4 Å². The first-order valence-corrected chi connectivity index (χ1v) is 9.92.